The number of rotatable bonds is 1. The van der Waals surface area contributed by atoms with Gasteiger partial charge in [-0.2, -0.15) is 0 Å². The van der Waals surface area contributed by atoms with Gasteiger partial charge in [0.25, 0.3) is 0 Å². The third-order valence-corrected chi connectivity index (χ3v) is 2.03. The van der Waals surface area contributed by atoms with Gasteiger partial charge in [0, 0.05) is 17.0 Å². The van der Waals surface area contributed by atoms with Crippen molar-refractivity contribution in [2.24, 2.45) is 10.9 Å². The van der Waals surface area contributed by atoms with E-state index in [0.717, 1.165) is 0 Å². The average molecular weight is 204 g/mol. The SMILES string of the molecule is N/C(=N/O)c1cc(=O)oc2ccccc12. The van der Waals surface area contributed by atoms with Crippen LogP contribution in [0.15, 0.2) is 44.7 Å². The first-order valence-corrected chi connectivity index (χ1v) is 4.23. The van der Waals surface area contributed by atoms with Crippen LogP contribution in [0.1, 0.15) is 5.56 Å². The van der Waals surface area contributed by atoms with Gasteiger partial charge in [-0.15, -0.1) is 0 Å². The van der Waals surface area contributed by atoms with Crippen LogP contribution in [-0.2, 0) is 0 Å². The monoisotopic (exact) mass is 204 g/mol. The summed E-state index contributed by atoms with van der Waals surface area (Å²) in [4.78, 5) is 11.2. The van der Waals surface area contributed by atoms with Crippen molar-refractivity contribution in [2.45, 2.75) is 0 Å². The van der Waals surface area contributed by atoms with Crippen molar-refractivity contribution in [1.82, 2.24) is 0 Å². The lowest BCUT2D eigenvalue weighted by molar-refractivity contribution is 0.318. The zero-order chi connectivity index (χ0) is 10.8. The lowest BCUT2D eigenvalue weighted by Gasteiger charge is -2.02. The highest BCUT2D eigenvalue weighted by molar-refractivity contribution is 6.07. The predicted octanol–water partition coefficient (Wildman–Crippen LogP) is 0.887. The van der Waals surface area contributed by atoms with Crippen LogP contribution in [-0.4, -0.2) is 11.0 Å². The molecule has 0 unspecified atom stereocenters. The maximum Gasteiger partial charge on any atom is 0.336 e. The molecular weight excluding hydrogens is 196 g/mol. The van der Waals surface area contributed by atoms with Gasteiger partial charge in [-0.1, -0.05) is 23.4 Å². The van der Waals surface area contributed by atoms with E-state index >= 15 is 0 Å². The van der Waals surface area contributed by atoms with Crippen LogP contribution in [0.25, 0.3) is 11.0 Å². The molecule has 2 aromatic rings. The molecule has 1 heterocycles. The Hall–Kier alpha value is -2.30. The van der Waals surface area contributed by atoms with Crippen LogP contribution in [0.5, 0.6) is 0 Å². The molecule has 5 nitrogen and oxygen atoms in total. The minimum absolute atomic E-state index is 0.112. The molecule has 2 rings (SSSR count). The fourth-order valence-electron chi connectivity index (χ4n) is 1.38. The molecule has 3 N–H and O–H groups in total. The summed E-state index contributed by atoms with van der Waals surface area (Å²) in [6, 6.07) is 8.08. The van der Waals surface area contributed by atoms with E-state index in [9.17, 15) is 4.79 Å². The first-order valence-electron chi connectivity index (χ1n) is 4.23. The van der Waals surface area contributed by atoms with Gasteiger partial charge in [0.15, 0.2) is 5.84 Å². The molecule has 0 atom stereocenters. The first-order chi connectivity index (χ1) is 7.22. The number of oxime groups is 1. The summed E-state index contributed by atoms with van der Waals surface area (Å²) in [7, 11) is 0. The second-order valence-electron chi connectivity index (χ2n) is 2.96. The topological polar surface area (TPSA) is 88.8 Å². The number of amidine groups is 1. The summed E-state index contributed by atoms with van der Waals surface area (Å²) in [6.45, 7) is 0. The second-order valence-corrected chi connectivity index (χ2v) is 2.96. The van der Waals surface area contributed by atoms with Crippen LogP contribution in [0.2, 0.25) is 0 Å². The predicted molar refractivity (Wildman–Crippen MR) is 55.0 cm³/mol. The van der Waals surface area contributed by atoms with Gasteiger partial charge < -0.3 is 15.4 Å². The molecule has 0 radical (unpaired) electrons. The third kappa shape index (κ3) is 1.54. The lowest BCUT2D eigenvalue weighted by Crippen LogP contribution is -2.16. The molecule has 0 saturated heterocycles. The maximum atomic E-state index is 11.2. The van der Waals surface area contributed by atoms with E-state index < -0.39 is 5.63 Å². The normalized spacial score (nSPS) is 11.9. The van der Waals surface area contributed by atoms with Crippen molar-refractivity contribution in [3.05, 3.63) is 46.3 Å². The van der Waals surface area contributed by atoms with Gasteiger partial charge in [-0.05, 0) is 6.07 Å². The van der Waals surface area contributed by atoms with Crippen LogP contribution < -0.4 is 11.4 Å². The van der Waals surface area contributed by atoms with E-state index in [1.807, 2.05) is 0 Å². The molecule has 76 valence electrons. The van der Waals surface area contributed by atoms with E-state index in [1.165, 1.54) is 6.07 Å². The number of fused-ring (bicyclic) bond motifs is 1. The highest BCUT2D eigenvalue weighted by atomic mass is 16.4. The van der Waals surface area contributed by atoms with Gasteiger partial charge >= 0.3 is 5.63 Å². The third-order valence-electron chi connectivity index (χ3n) is 2.03. The summed E-state index contributed by atoms with van der Waals surface area (Å²) >= 11 is 0. The molecule has 1 aromatic heterocycles. The van der Waals surface area contributed by atoms with Crippen molar-refractivity contribution < 1.29 is 9.62 Å². The molecule has 15 heavy (non-hydrogen) atoms. The fraction of sp³-hybridized carbons (Fsp3) is 0. The van der Waals surface area contributed by atoms with E-state index in [0.29, 0.717) is 16.5 Å². The number of benzene rings is 1. The Morgan fingerprint density at radius 3 is 2.87 bits per heavy atom. The van der Waals surface area contributed by atoms with E-state index in [-0.39, 0.29) is 5.84 Å². The summed E-state index contributed by atoms with van der Waals surface area (Å²) < 4.78 is 4.95. The van der Waals surface area contributed by atoms with Crippen molar-refractivity contribution in [2.75, 3.05) is 0 Å². The van der Waals surface area contributed by atoms with E-state index in [4.69, 9.17) is 15.4 Å². The van der Waals surface area contributed by atoms with Crippen molar-refractivity contribution >= 4 is 16.8 Å². The van der Waals surface area contributed by atoms with Gasteiger partial charge in [0.1, 0.15) is 5.58 Å². The van der Waals surface area contributed by atoms with Gasteiger partial charge in [0.2, 0.25) is 0 Å². The number of hydrogen-bond donors (Lipinski definition) is 2. The Bertz CT molecular complexity index is 586. The van der Waals surface area contributed by atoms with E-state index in [2.05, 4.69) is 5.16 Å². The standard InChI is InChI=1S/C10H8N2O3/c11-10(12-14)7-5-9(13)15-8-4-2-1-3-6(7)8/h1-5,14H,(H2,11,12). The largest absolute Gasteiger partial charge is 0.423 e. The smallest absolute Gasteiger partial charge is 0.336 e. The summed E-state index contributed by atoms with van der Waals surface area (Å²) in [5, 5.41) is 12.1. The molecule has 1 aromatic carbocycles. The Kier molecular flexibility index (Phi) is 2.13. The Labute approximate surface area is 84.4 Å². The zero-order valence-electron chi connectivity index (χ0n) is 7.68. The number of hydrogen-bond acceptors (Lipinski definition) is 4. The van der Waals surface area contributed by atoms with Crippen LogP contribution in [0.3, 0.4) is 0 Å². The molecule has 0 bridgehead atoms. The van der Waals surface area contributed by atoms with Crippen LogP contribution >= 0.6 is 0 Å². The molecular formula is C10H8N2O3. The minimum Gasteiger partial charge on any atom is -0.423 e. The molecule has 0 fully saturated rings. The summed E-state index contributed by atoms with van der Waals surface area (Å²) in [5.41, 5.74) is 5.69. The van der Waals surface area contributed by atoms with Gasteiger partial charge in [-0.25, -0.2) is 4.79 Å². The number of para-hydroxylation sites is 1. The summed E-state index contributed by atoms with van der Waals surface area (Å²) in [6.07, 6.45) is 0. The van der Waals surface area contributed by atoms with Gasteiger partial charge in [-0.3, -0.25) is 0 Å². The van der Waals surface area contributed by atoms with E-state index in [1.54, 1.807) is 24.3 Å². The fourth-order valence-corrected chi connectivity index (χ4v) is 1.38. The Balaban J connectivity index is 2.89. The zero-order valence-corrected chi connectivity index (χ0v) is 7.68. The Morgan fingerprint density at radius 1 is 1.40 bits per heavy atom. The highest BCUT2D eigenvalue weighted by Crippen LogP contribution is 2.15. The van der Waals surface area contributed by atoms with Crippen LogP contribution in [0.4, 0.5) is 0 Å². The molecule has 0 saturated carbocycles. The van der Waals surface area contributed by atoms with Crippen molar-refractivity contribution in [3.8, 4) is 0 Å². The lowest BCUT2D eigenvalue weighted by atomic mass is 10.1. The molecule has 0 amide bonds. The minimum atomic E-state index is -0.532. The Morgan fingerprint density at radius 2 is 2.13 bits per heavy atom. The number of nitrogens with two attached hydrogens (primary N) is 1. The van der Waals surface area contributed by atoms with Crippen molar-refractivity contribution in [1.29, 1.82) is 0 Å². The quantitative estimate of drug-likeness (QED) is 0.237. The van der Waals surface area contributed by atoms with Crippen molar-refractivity contribution in [3.63, 3.8) is 0 Å². The van der Waals surface area contributed by atoms with Gasteiger partial charge in [0.05, 0.1) is 0 Å². The van der Waals surface area contributed by atoms with Crippen LogP contribution in [0, 0.1) is 0 Å². The number of nitrogens with zero attached hydrogens (tertiary/aromatic N) is 1. The second kappa shape index (κ2) is 3.45. The molecule has 0 aliphatic heterocycles. The average Bonchev–Trinajstić information content (AvgIpc) is 2.26. The maximum absolute atomic E-state index is 11.2. The molecule has 0 spiro atoms. The molecule has 5 heteroatoms. The first kappa shape index (κ1) is 9.26. The molecule has 0 aliphatic carbocycles. The molecule has 0 aliphatic rings. The highest BCUT2D eigenvalue weighted by Gasteiger charge is 2.08. The summed E-state index contributed by atoms with van der Waals surface area (Å²) in [5.74, 6) is -0.112.